The van der Waals surface area contributed by atoms with Gasteiger partial charge in [0, 0.05) is 6.54 Å². The zero-order chi connectivity index (χ0) is 14.9. The maximum absolute atomic E-state index is 12.3. The van der Waals surface area contributed by atoms with Gasteiger partial charge in [-0.1, -0.05) is 29.8 Å². The van der Waals surface area contributed by atoms with Crippen molar-refractivity contribution < 1.29 is 8.42 Å². The number of aromatic amines is 1. The molecule has 3 rings (SSSR count). The molecule has 1 aromatic heterocycles. The Morgan fingerprint density at radius 3 is 2.67 bits per heavy atom. The van der Waals surface area contributed by atoms with Crippen LogP contribution in [0.3, 0.4) is 0 Å². The number of H-pyrrole nitrogens is 1. The number of hydrogen-bond donors (Lipinski definition) is 2. The van der Waals surface area contributed by atoms with E-state index in [1.807, 2.05) is 31.2 Å². The number of hydrogen-bond acceptors (Lipinski definition) is 3. The van der Waals surface area contributed by atoms with Gasteiger partial charge in [-0.2, -0.15) is 0 Å². The number of rotatable bonds is 4. The maximum atomic E-state index is 12.3. The Labute approximate surface area is 123 Å². The molecular weight excluding hydrogens is 286 g/mol. The average molecular weight is 301 g/mol. The molecule has 0 aliphatic rings. The van der Waals surface area contributed by atoms with Gasteiger partial charge in [0.25, 0.3) is 0 Å². The Morgan fingerprint density at radius 2 is 1.90 bits per heavy atom. The number of aromatic nitrogens is 2. The van der Waals surface area contributed by atoms with Gasteiger partial charge in [-0.05, 0) is 30.7 Å². The molecule has 0 amide bonds. The molecular formula is C15H15N3O2S. The summed E-state index contributed by atoms with van der Waals surface area (Å²) in [5.41, 5.74) is 3.51. The van der Waals surface area contributed by atoms with E-state index in [-0.39, 0.29) is 11.4 Å². The van der Waals surface area contributed by atoms with Crippen molar-refractivity contribution in [3.8, 4) is 0 Å². The number of nitrogens with one attached hydrogen (secondary N) is 2. The lowest BCUT2D eigenvalue weighted by Gasteiger charge is -2.07. The summed E-state index contributed by atoms with van der Waals surface area (Å²) >= 11 is 0. The van der Waals surface area contributed by atoms with Gasteiger partial charge in [-0.25, -0.2) is 18.1 Å². The van der Waals surface area contributed by atoms with Gasteiger partial charge in [0.15, 0.2) is 0 Å². The smallest absolute Gasteiger partial charge is 0.240 e. The summed E-state index contributed by atoms with van der Waals surface area (Å²) in [6.45, 7) is 2.26. The first kappa shape index (κ1) is 13.8. The molecule has 0 aliphatic carbocycles. The van der Waals surface area contributed by atoms with Crippen molar-refractivity contribution in [3.05, 3.63) is 59.9 Å². The molecule has 108 valence electrons. The van der Waals surface area contributed by atoms with Crippen LogP contribution in [0.4, 0.5) is 0 Å². The van der Waals surface area contributed by atoms with E-state index in [1.165, 1.54) is 0 Å². The van der Waals surface area contributed by atoms with Crippen LogP contribution in [0.25, 0.3) is 11.0 Å². The summed E-state index contributed by atoms with van der Waals surface area (Å²) < 4.78 is 27.2. The Morgan fingerprint density at radius 1 is 1.14 bits per heavy atom. The lowest BCUT2D eigenvalue weighted by atomic mass is 10.2. The predicted molar refractivity (Wildman–Crippen MR) is 81.3 cm³/mol. The van der Waals surface area contributed by atoms with Crippen molar-refractivity contribution in [1.29, 1.82) is 0 Å². The van der Waals surface area contributed by atoms with Crippen molar-refractivity contribution in [3.63, 3.8) is 0 Å². The molecule has 3 aromatic rings. The van der Waals surface area contributed by atoms with Gasteiger partial charge < -0.3 is 4.98 Å². The first-order chi connectivity index (χ1) is 10.0. The molecule has 0 unspecified atom stereocenters. The van der Waals surface area contributed by atoms with Gasteiger partial charge in [0.05, 0.1) is 22.3 Å². The van der Waals surface area contributed by atoms with E-state index in [0.717, 1.165) is 16.6 Å². The quantitative estimate of drug-likeness (QED) is 0.776. The van der Waals surface area contributed by atoms with Crippen LogP contribution >= 0.6 is 0 Å². The average Bonchev–Trinajstić information content (AvgIpc) is 2.94. The van der Waals surface area contributed by atoms with Crippen LogP contribution < -0.4 is 4.72 Å². The van der Waals surface area contributed by atoms with Crippen LogP contribution in [0.2, 0.25) is 0 Å². The van der Waals surface area contributed by atoms with Crippen LogP contribution in [0.5, 0.6) is 0 Å². The van der Waals surface area contributed by atoms with Gasteiger partial charge in [0.1, 0.15) is 0 Å². The Kier molecular flexibility index (Phi) is 3.48. The Hall–Kier alpha value is -2.18. The Balaban J connectivity index is 1.81. The second-order valence-electron chi connectivity index (χ2n) is 4.89. The van der Waals surface area contributed by atoms with Crippen molar-refractivity contribution in [2.45, 2.75) is 18.4 Å². The minimum atomic E-state index is -3.54. The van der Waals surface area contributed by atoms with E-state index >= 15 is 0 Å². The fraction of sp³-hybridized carbons (Fsp3) is 0.133. The molecule has 2 N–H and O–H groups in total. The highest BCUT2D eigenvalue weighted by Crippen LogP contribution is 2.16. The van der Waals surface area contributed by atoms with E-state index in [1.54, 1.807) is 24.5 Å². The molecule has 2 aromatic carbocycles. The zero-order valence-electron chi connectivity index (χ0n) is 11.5. The number of fused-ring (bicyclic) bond motifs is 1. The van der Waals surface area contributed by atoms with Crippen molar-refractivity contribution in [2.24, 2.45) is 0 Å². The van der Waals surface area contributed by atoms with Crippen LogP contribution in [-0.4, -0.2) is 18.4 Å². The summed E-state index contributed by atoms with van der Waals surface area (Å²) in [5, 5.41) is 0. The molecule has 21 heavy (non-hydrogen) atoms. The molecule has 5 nitrogen and oxygen atoms in total. The van der Waals surface area contributed by atoms with Crippen molar-refractivity contribution in [1.82, 2.24) is 14.7 Å². The van der Waals surface area contributed by atoms with Crippen LogP contribution in [0, 0.1) is 6.92 Å². The molecule has 0 spiro atoms. The number of benzene rings is 2. The minimum Gasteiger partial charge on any atom is -0.345 e. The monoisotopic (exact) mass is 301 g/mol. The van der Waals surface area contributed by atoms with E-state index in [4.69, 9.17) is 0 Å². The van der Waals surface area contributed by atoms with Gasteiger partial charge in [-0.3, -0.25) is 0 Å². The van der Waals surface area contributed by atoms with E-state index < -0.39 is 10.0 Å². The SMILES string of the molecule is Cc1ccc(CNS(=O)(=O)c2ccc3nc[nH]c3c2)cc1. The third-order valence-corrected chi connectivity index (χ3v) is 4.69. The van der Waals surface area contributed by atoms with Gasteiger partial charge >= 0.3 is 0 Å². The highest BCUT2D eigenvalue weighted by Gasteiger charge is 2.14. The van der Waals surface area contributed by atoms with E-state index in [2.05, 4.69) is 14.7 Å². The van der Waals surface area contributed by atoms with Crippen molar-refractivity contribution >= 4 is 21.1 Å². The lowest BCUT2D eigenvalue weighted by Crippen LogP contribution is -2.23. The molecule has 0 radical (unpaired) electrons. The fourth-order valence-corrected chi connectivity index (χ4v) is 3.09. The Bertz CT molecular complexity index is 867. The van der Waals surface area contributed by atoms with E-state index in [9.17, 15) is 8.42 Å². The summed E-state index contributed by atoms with van der Waals surface area (Å²) in [5.74, 6) is 0. The van der Waals surface area contributed by atoms with Gasteiger partial charge in [0.2, 0.25) is 10.0 Å². The predicted octanol–water partition coefficient (Wildman–Crippen LogP) is 2.35. The summed E-state index contributed by atoms with van der Waals surface area (Å²) in [6.07, 6.45) is 1.54. The normalized spacial score (nSPS) is 11.9. The van der Waals surface area contributed by atoms with E-state index in [0.29, 0.717) is 5.52 Å². The molecule has 0 fully saturated rings. The molecule has 0 bridgehead atoms. The topological polar surface area (TPSA) is 74.8 Å². The third-order valence-electron chi connectivity index (χ3n) is 3.29. The summed E-state index contributed by atoms with van der Waals surface area (Å²) in [7, 11) is -3.54. The number of sulfonamides is 1. The standard InChI is InChI=1S/C15H15N3O2S/c1-11-2-4-12(5-3-11)9-18-21(19,20)13-6-7-14-15(8-13)17-10-16-14/h2-8,10,18H,9H2,1H3,(H,16,17). The minimum absolute atomic E-state index is 0.228. The lowest BCUT2D eigenvalue weighted by molar-refractivity contribution is 0.581. The van der Waals surface area contributed by atoms with Crippen LogP contribution in [0.15, 0.2) is 53.7 Å². The third kappa shape index (κ3) is 2.96. The molecule has 0 aliphatic heterocycles. The second kappa shape index (κ2) is 5.31. The maximum Gasteiger partial charge on any atom is 0.240 e. The number of imidazole rings is 1. The highest BCUT2D eigenvalue weighted by atomic mass is 32.2. The molecule has 0 saturated heterocycles. The summed E-state index contributed by atoms with van der Waals surface area (Å²) in [6, 6.07) is 12.6. The number of aryl methyl sites for hydroxylation is 1. The first-order valence-electron chi connectivity index (χ1n) is 6.53. The van der Waals surface area contributed by atoms with Crippen LogP contribution in [0.1, 0.15) is 11.1 Å². The fourth-order valence-electron chi connectivity index (χ4n) is 2.05. The molecule has 1 heterocycles. The largest absolute Gasteiger partial charge is 0.345 e. The summed E-state index contributed by atoms with van der Waals surface area (Å²) in [4.78, 5) is 7.21. The first-order valence-corrected chi connectivity index (χ1v) is 8.01. The molecule has 0 saturated carbocycles. The number of nitrogens with zero attached hydrogens (tertiary/aromatic N) is 1. The zero-order valence-corrected chi connectivity index (χ0v) is 12.3. The van der Waals surface area contributed by atoms with Gasteiger partial charge in [-0.15, -0.1) is 0 Å². The molecule has 6 heteroatoms. The molecule has 0 atom stereocenters. The van der Waals surface area contributed by atoms with Crippen molar-refractivity contribution in [2.75, 3.05) is 0 Å². The highest BCUT2D eigenvalue weighted by molar-refractivity contribution is 7.89. The second-order valence-corrected chi connectivity index (χ2v) is 6.66. The van der Waals surface area contributed by atoms with Crippen LogP contribution in [-0.2, 0) is 16.6 Å².